The zero-order chi connectivity index (χ0) is 17.9. The van der Waals surface area contributed by atoms with E-state index in [1.54, 1.807) is 19.1 Å². The molecule has 1 aromatic carbocycles. The number of aryl methyl sites for hydroxylation is 1. The quantitative estimate of drug-likeness (QED) is 0.866. The number of piperidine rings is 1. The van der Waals surface area contributed by atoms with Gasteiger partial charge in [0.2, 0.25) is 10.0 Å². The van der Waals surface area contributed by atoms with Gasteiger partial charge in [0.25, 0.3) is 5.91 Å². The molecule has 2 fully saturated rings. The lowest BCUT2D eigenvalue weighted by Gasteiger charge is -2.26. The van der Waals surface area contributed by atoms with E-state index in [1.165, 1.54) is 10.4 Å². The van der Waals surface area contributed by atoms with Crippen LogP contribution in [0.2, 0.25) is 0 Å². The molecule has 2 saturated heterocycles. The van der Waals surface area contributed by atoms with Gasteiger partial charge in [0.1, 0.15) is 0 Å². The highest BCUT2D eigenvalue weighted by atomic mass is 32.2. The van der Waals surface area contributed by atoms with Gasteiger partial charge < -0.3 is 10.1 Å². The van der Waals surface area contributed by atoms with E-state index in [9.17, 15) is 13.2 Å². The zero-order valence-electron chi connectivity index (χ0n) is 14.7. The summed E-state index contributed by atoms with van der Waals surface area (Å²) in [6.07, 6.45) is 4.87. The molecule has 7 heteroatoms. The maximum Gasteiger partial charge on any atom is 0.251 e. The Balaban J connectivity index is 1.76. The van der Waals surface area contributed by atoms with Crippen LogP contribution in [-0.2, 0) is 14.8 Å². The van der Waals surface area contributed by atoms with E-state index in [4.69, 9.17) is 4.74 Å². The fourth-order valence-electron chi connectivity index (χ4n) is 3.38. The third-order valence-corrected chi connectivity index (χ3v) is 6.94. The first-order chi connectivity index (χ1) is 12.0. The van der Waals surface area contributed by atoms with E-state index in [-0.39, 0.29) is 16.9 Å². The van der Waals surface area contributed by atoms with Gasteiger partial charge in [-0.15, -0.1) is 0 Å². The Bertz CT molecular complexity index is 721. The van der Waals surface area contributed by atoms with Crippen LogP contribution in [0, 0.1) is 6.92 Å². The van der Waals surface area contributed by atoms with Gasteiger partial charge in [-0.05, 0) is 50.3 Å². The molecule has 0 aromatic heterocycles. The second kappa shape index (κ2) is 7.85. The highest BCUT2D eigenvalue weighted by molar-refractivity contribution is 7.89. The van der Waals surface area contributed by atoms with Crippen molar-refractivity contribution < 1.29 is 17.9 Å². The maximum atomic E-state index is 12.9. The lowest BCUT2D eigenvalue weighted by molar-refractivity contribution is 0.0857. The number of benzene rings is 1. The van der Waals surface area contributed by atoms with E-state index in [1.807, 2.05) is 0 Å². The van der Waals surface area contributed by atoms with Crippen molar-refractivity contribution in [3.8, 4) is 0 Å². The summed E-state index contributed by atoms with van der Waals surface area (Å²) in [6, 6.07) is 4.89. The first kappa shape index (κ1) is 18.4. The highest BCUT2D eigenvalue weighted by Crippen LogP contribution is 2.24. The van der Waals surface area contributed by atoms with Crippen molar-refractivity contribution in [1.82, 2.24) is 9.62 Å². The van der Waals surface area contributed by atoms with Crippen LogP contribution in [0.3, 0.4) is 0 Å². The molecule has 0 saturated carbocycles. The second-order valence-corrected chi connectivity index (χ2v) is 8.70. The summed E-state index contributed by atoms with van der Waals surface area (Å²) in [4.78, 5) is 12.6. The molecule has 2 heterocycles. The average molecular weight is 366 g/mol. The van der Waals surface area contributed by atoms with Gasteiger partial charge >= 0.3 is 0 Å². The van der Waals surface area contributed by atoms with Crippen LogP contribution >= 0.6 is 0 Å². The molecule has 2 aliphatic heterocycles. The second-order valence-electron chi connectivity index (χ2n) is 6.79. The van der Waals surface area contributed by atoms with Gasteiger partial charge in [0, 0.05) is 31.8 Å². The van der Waals surface area contributed by atoms with Gasteiger partial charge in [0.05, 0.1) is 11.0 Å². The van der Waals surface area contributed by atoms with Crippen LogP contribution in [0.5, 0.6) is 0 Å². The first-order valence-corrected chi connectivity index (χ1v) is 10.4. The minimum Gasteiger partial charge on any atom is -0.376 e. The maximum absolute atomic E-state index is 12.9. The Hall–Kier alpha value is -1.44. The van der Waals surface area contributed by atoms with E-state index < -0.39 is 10.0 Å². The van der Waals surface area contributed by atoms with Crippen molar-refractivity contribution in [2.24, 2.45) is 0 Å². The minimum absolute atomic E-state index is 0.0611. The fourth-order valence-corrected chi connectivity index (χ4v) is 5.15. The number of hydrogen-bond donors (Lipinski definition) is 1. The van der Waals surface area contributed by atoms with Crippen molar-refractivity contribution >= 4 is 15.9 Å². The van der Waals surface area contributed by atoms with Crippen molar-refractivity contribution in [1.29, 1.82) is 0 Å². The first-order valence-electron chi connectivity index (χ1n) is 8.99. The summed E-state index contributed by atoms with van der Waals surface area (Å²) < 4.78 is 32.9. The molecule has 0 spiro atoms. The molecule has 1 amide bonds. The Morgan fingerprint density at radius 2 is 2.00 bits per heavy atom. The molecule has 0 radical (unpaired) electrons. The van der Waals surface area contributed by atoms with Crippen molar-refractivity contribution in [3.05, 3.63) is 29.3 Å². The van der Waals surface area contributed by atoms with Crippen molar-refractivity contribution in [2.75, 3.05) is 26.2 Å². The third-order valence-electron chi connectivity index (χ3n) is 4.90. The SMILES string of the molecule is Cc1ccc(C(=O)NC[C@H]2CCCO2)cc1S(=O)(=O)N1CCCCC1. The molecule has 1 N–H and O–H groups in total. The molecule has 1 atom stereocenters. The van der Waals surface area contributed by atoms with Gasteiger partial charge in [0.15, 0.2) is 0 Å². The molecule has 0 unspecified atom stereocenters. The summed E-state index contributed by atoms with van der Waals surface area (Å²) in [5.74, 6) is -0.259. The lowest BCUT2D eigenvalue weighted by atomic mass is 10.1. The molecule has 1 aromatic rings. The predicted octanol–water partition coefficient (Wildman–Crippen LogP) is 2.08. The minimum atomic E-state index is -3.55. The molecule has 0 bridgehead atoms. The van der Waals surface area contributed by atoms with Crippen molar-refractivity contribution in [3.63, 3.8) is 0 Å². The summed E-state index contributed by atoms with van der Waals surface area (Å²) in [5.41, 5.74) is 1.04. The summed E-state index contributed by atoms with van der Waals surface area (Å²) in [5, 5.41) is 2.85. The highest BCUT2D eigenvalue weighted by Gasteiger charge is 2.28. The summed E-state index contributed by atoms with van der Waals surface area (Å²) in [7, 11) is -3.55. The number of nitrogens with one attached hydrogen (secondary N) is 1. The van der Waals surface area contributed by atoms with Gasteiger partial charge in [-0.25, -0.2) is 8.42 Å². The van der Waals surface area contributed by atoms with E-state index >= 15 is 0 Å². The van der Waals surface area contributed by atoms with Gasteiger partial charge in [-0.2, -0.15) is 4.31 Å². The molecule has 6 nitrogen and oxygen atoms in total. The number of rotatable bonds is 5. The topological polar surface area (TPSA) is 75.7 Å². The monoisotopic (exact) mass is 366 g/mol. The number of amides is 1. The normalized spacial score (nSPS) is 22.0. The molecular formula is C18H26N2O4S. The van der Waals surface area contributed by atoms with E-state index in [0.29, 0.717) is 30.8 Å². The Labute approximate surface area is 149 Å². The summed E-state index contributed by atoms with van der Waals surface area (Å²) in [6.45, 7) is 4.07. The molecular weight excluding hydrogens is 340 g/mol. The van der Waals surface area contributed by atoms with Crippen LogP contribution in [0.1, 0.15) is 48.0 Å². The number of nitrogens with zero attached hydrogens (tertiary/aromatic N) is 1. The van der Waals surface area contributed by atoms with Crippen molar-refractivity contribution in [2.45, 2.75) is 50.0 Å². The number of carbonyl (C=O) groups is 1. The largest absolute Gasteiger partial charge is 0.376 e. The number of hydrogen-bond acceptors (Lipinski definition) is 4. The Morgan fingerprint density at radius 3 is 2.68 bits per heavy atom. The summed E-state index contributed by atoms with van der Waals surface area (Å²) >= 11 is 0. The number of carbonyl (C=O) groups excluding carboxylic acids is 1. The van der Waals surface area contributed by atoms with Crippen LogP contribution in [0.25, 0.3) is 0 Å². The van der Waals surface area contributed by atoms with E-state index in [2.05, 4.69) is 5.32 Å². The van der Waals surface area contributed by atoms with E-state index in [0.717, 1.165) is 38.7 Å². The zero-order valence-corrected chi connectivity index (χ0v) is 15.5. The van der Waals surface area contributed by atoms with Gasteiger partial charge in [-0.3, -0.25) is 4.79 Å². The van der Waals surface area contributed by atoms with Crippen LogP contribution in [-0.4, -0.2) is 51.0 Å². The molecule has 0 aliphatic carbocycles. The standard InChI is InChI=1S/C18H26N2O4S/c1-14-7-8-15(18(21)19-13-16-6-5-11-24-16)12-17(14)25(22,23)20-9-3-2-4-10-20/h7-8,12,16H,2-6,9-11,13H2,1H3,(H,19,21)/t16-/m1/s1. The lowest BCUT2D eigenvalue weighted by Crippen LogP contribution is -2.36. The van der Waals surface area contributed by atoms with Crippen LogP contribution in [0.4, 0.5) is 0 Å². The average Bonchev–Trinajstić information content (AvgIpc) is 3.14. The Kier molecular flexibility index (Phi) is 5.76. The molecule has 2 aliphatic rings. The number of sulfonamides is 1. The molecule has 138 valence electrons. The van der Waals surface area contributed by atoms with Crippen LogP contribution < -0.4 is 5.32 Å². The smallest absolute Gasteiger partial charge is 0.251 e. The van der Waals surface area contributed by atoms with Gasteiger partial charge in [-0.1, -0.05) is 12.5 Å². The third kappa shape index (κ3) is 4.22. The fraction of sp³-hybridized carbons (Fsp3) is 0.611. The number of ether oxygens (including phenoxy) is 1. The van der Waals surface area contributed by atoms with Crippen LogP contribution in [0.15, 0.2) is 23.1 Å². The molecule has 3 rings (SSSR count). The Morgan fingerprint density at radius 1 is 1.24 bits per heavy atom. The predicted molar refractivity (Wildman–Crippen MR) is 95.1 cm³/mol. The molecule has 25 heavy (non-hydrogen) atoms.